The normalized spacial score (nSPS) is 12.8. The molecule has 1 N–H and O–H groups in total. The Balaban J connectivity index is 2.49. The topological polar surface area (TPSA) is 20.2 Å². The lowest BCUT2D eigenvalue weighted by Gasteiger charge is -2.11. The van der Waals surface area contributed by atoms with Gasteiger partial charge in [0, 0.05) is 13.8 Å². The highest BCUT2D eigenvalue weighted by Gasteiger charge is 2.23. The van der Waals surface area contributed by atoms with Crippen LogP contribution in [0.1, 0.15) is 16.5 Å². The molecule has 18 heavy (non-hydrogen) atoms. The van der Waals surface area contributed by atoms with Gasteiger partial charge in [0.2, 0.25) is 0 Å². The van der Waals surface area contributed by atoms with E-state index >= 15 is 0 Å². The minimum absolute atomic E-state index is 0.277. The Labute approximate surface area is 128 Å². The number of hydrogen-bond donors (Lipinski definition) is 1. The second-order valence-corrected chi connectivity index (χ2v) is 6.91. The van der Waals surface area contributed by atoms with Crippen LogP contribution in [0.5, 0.6) is 0 Å². The maximum Gasteiger partial charge on any atom is 0.133 e. The van der Waals surface area contributed by atoms with Crippen LogP contribution in [-0.4, -0.2) is 5.11 Å². The lowest BCUT2D eigenvalue weighted by atomic mass is 10.1. The van der Waals surface area contributed by atoms with Crippen molar-refractivity contribution in [2.24, 2.45) is 0 Å². The van der Waals surface area contributed by atoms with E-state index in [1.165, 1.54) is 0 Å². The monoisotopic (exact) mass is 416 g/mol. The van der Waals surface area contributed by atoms with E-state index in [9.17, 15) is 13.9 Å². The average molecular weight is 418 g/mol. The minimum Gasteiger partial charge on any atom is -0.383 e. The molecule has 0 bridgehead atoms. The Morgan fingerprint density at radius 1 is 1.17 bits per heavy atom. The number of aliphatic hydroxyl groups is 1. The average Bonchev–Trinajstić information content (AvgIpc) is 2.57. The molecule has 2 aromatic rings. The SMILES string of the molecule is OC(c1cc(Br)c(Cl)s1)c1c(F)cc(Br)cc1F. The number of rotatable bonds is 2. The van der Waals surface area contributed by atoms with Crippen LogP contribution in [0.2, 0.25) is 4.34 Å². The molecule has 1 heterocycles. The second kappa shape index (κ2) is 5.54. The van der Waals surface area contributed by atoms with E-state index in [4.69, 9.17) is 11.6 Å². The molecule has 0 spiro atoms. The molecule has 7 heteroatoms. The summed E-state index contributed by atoms with van der Waals surface area (Å²) in [7, 11) is 0. The molecule has 0 saturated heterocycles. The number of hydrogen-bond acceptors (Lipinski definition) is 2. The molecule has 0 aliphatic heterocycles. The zero-order chi connectivity index (χ0) is 13.4. The third kappa shape index (κ3) is 2.77. The van der Waals surface area contributed by atoms with E-state index in [0.29, 0.717) is 13.7 Å². The molecule has 2 rings (SSSR count). The van der Waals surface area contributed by atoms with Gasteiger partial charge in [-0.25, -0.2) is 8.78 Å². The second-order valence-electron chi connectivity index (χ2n) is 3.46. The molecule has 96 valence electrons. The van der Waals surface area contributed by atoms with Gasteiger partial charge in [-0.05, 0) is 34.1 Å². The van der Waals surface area contributed by atoms with Crippen molar-refractivity contribution in [2.75, 3.05) is 0 Å². The van der Waals surface area contributed by atoms with Crippen molar-refractivity contribution in [1.82, 2.24) is 0 Å². The van der Waals surface area contributed by atoms with Crippen molar-refractivity contribution < 1.29 is 13.9 Å². The Kier molecular flexibility index (Phi) is 4.44. The van der Waals surface area contributed by atoms with Crippen molar-refractivity contribution in [1.29, 1.82) is 0 Å². The molecule has 1 aromatic heterocycles. The van der Waals surface area contributed by atoms with Gasteiger partial charge in [0.15, 0.2) is 0 Å². The van der Waals surface area contributed by atoms with Gasteiger partial charge in [-0.2, -0.15) is 0 Å². The molecule has 0 fully saturated rings. The highest BCUT2D eigenvalue weighted by molar-refractivity contribution is 9.10. The molecule has 1 nitrogen and oxygen atoms in total. The van der Waals surface area contributed by atoms with E-state index in [1.54, 1.807) is 6.07 Å². The molecule has 0 amide bonds. The third-order valence-electron chi connectivity index (χ3n) is 2.25. The smallest absolute Gasteiger partial charge is 0.133 e. The Morgan fingerprint density at radius 3 is 2.17 bits per heavy atom. The summed E-state index contributed by atoms with van der Waals surface area (Å²) in [5.74, 6) is -1.62. The molecular weight excluding hydrogens is 413 g/mol. The highest BCUT2D eigenvalue weighted by Crippen LogP contribution is 2.38. The van der Waals surface area contributed by atoms with Crippen LogP contribution in [0.25, 0.3) is 0 Å². The lowest BCUT2D eigenvalue weighted by molar-refractivity contribution is 0.212. The van der Waals surface area contributed by atoms with Gasteiger partial charge < -0.3 is 5.11 Å². The fourth-order valence-electron chi connectivity index (χ4n) is 1.45. The fraction of sp³-hybridized carbons (Fsp3) is 0.0909. The van der Waals surface area contributed by atoms with E-state index in [-0.39, 0.29) is 10.0 Å². The van der Waals surface area contributed by atoms with Crippen molar-refractivity contribution in [3.05, 3.63) is 53.6 Å². The number of thiophene rings is 1. The molecule has 1 aromatic carbocycles. The zero-order valence-electron chi connectivity index (χ0n) is 8.55. The van der Waals surface area contributed by atoms with Crippen LogP contribution in [0, 0.1) is 11.6 Å². The first-order chi connectivity index (χ1) is 8.40. The quantitative estimate of drug-likeness (QED) is 0.703. The fourth-order valence-corrected chi connectivity index (χ4v) is 3.59. The molecule has 0 aliphatic carbocycles. The summed E-state index contributed by atoms with van der Waals surface area (Å²) < 4.78 is 28.6. The van der Waals surface area contributed by atoms with Gasteiger partial charge in [0.1, 0.15) is 22.1 Å². The third-order valence-corrected chi connectivity index (χ3v) is 5.24. The zero-order valence-corrected chi connectivity index (χ0v) is 13.3. The number of benzene rings is 1. The van der Waals surface area contributed by atoms with Gasteiger partial charge >= 0.3 is 0 Å². The minimum atomic E-state index is -1.38. The van der Waals surface area contributed by atoms with Crippen LogP contribution in [0.3, 0.4) is 0 Å². The standard InChI is InChI=1S/C11H5Br2ClF2OS/c12-4-1-6(15)9(7(16)2-4)10(17)8-3-5(13)11(14)18-8/h1-3,10,17H. The summed E-state index contributed by atoms with van der Waals surface area (Å²) in [5.41, 5.74) is -0.386. The predicted molar refractivity (Wildman–Crippen MR) is 75.1 cm³/mol. The summed E-state index contributed by atoms with van der Waals surface area (Å²) in [6.45, 7) is 0. The molecule has 0 saturated carbocycles. The summed E-state index contributed by atoms with van der Waals surface area (Å²) in [5, 5.41) is 10.0. The van der Waals surface area contributed by atoms with E-state index in [2.05, 4.69) is 31.9 Å². The predicted octanol–water partition coefficient (Wildman–Crippen LogP) is 5.29. The Hall–Kier alpha value is -0.0100. The summed E-state index contributed by atoms with van der Waals surface area (Å²) in [6.07, 6.45) is -1.38. The van der Waals surface area contributed by atoms with E-state index in [1.807, 2.05) is 0 Å². The molecule has 1 atom stereocenters. The first-order valence-corrected chi connectivity index (χ1v) is 7.45. The number of halogens is 5. The molecule has 0 radical (unpaired) electrons. The van der Waals surface area contributed by atoms with Crippen molar-refractivity contribution >= 4 is 54.8 Å². The van der Waals surface area contributed by atoms with Crippen molar-refractivity contribution in [2.45, 2.75) is 6.10 Å². The van der Waals surface area contributed by atoms with E-state index in [0.717, 1.165) is 23.5 Å². The molecular formula is C11H5Br2ClF2OS. The van der Waals surface area contributed by atoms with Crippen LogP contribution in [0.4, 0.5) is 8.78 Å². The summed E-state index contributed by atoms with van der Waals surface area (Å²) >= 11 is 13.1. The molecule has 1 unspecified atom stereocenters. The van der Waals surface area contributed by atoms with Crippen LogP contribution in [0.15, 0.2) is 27.1 Å². The van der Waals surface area contributed by atoms with Crippen LogP contribution >= 0.6 is 54.8 Å². The van der Waals surface area contributed by atoms with Crippen LogP contribution < -0.4 is 0 Å². The van der Waals surface area contributed by atoms with Crippen molar-refractivity contribution in [3.63, 3.8) is 0 Å². The van der Waals surface area contributed by atoms with Crippen molar-refractivity contribution in [3.8, 4) is 0 Å². The van der Waals surface area contributed by atoms with Gasteiger partial charge in [-0.1, -0.05) is 27.5 Å². The number of aliphatic hydroxyl groups excluding tert-OH is 1. The Bertz CT molecular complexity index is 560. The van der Waals surface area contributed by atoms with Crippen LogP contribution in [-0.2, 0) is 0 Å². The lowest BCUT2D eigenvalue weighted by Crippen LogP contribution is -2.04. The maximum absolute atomic E-state index is 13.7. The molecule has 0 aliphatic rings. The Morgan fingerprint density at radius 2 is 1.72 bits per heavy atom. The van der Waals surface area contributed by atoms with Gasteiger partial charge in [0.05, 0.1) is 5.56 Å². The first kappa shape index (κ1) is 14.4. The maximum atomic E-state index is 13.7. The summed E-state index contributed by atoms with van der Waals surface area (Å²) in [6, 6.07) is 3.75. The van der Waals surface area contributed by atoms with Gasteiger partial charge in [-0.15, -0.1) is 11.3 Å². The highest BCUT2D eigenvalue weighted by atomic mass is 79.9. The largest absolute Gasteiger partial charge is 0.383 e. The first-order valence-electron chi connectivity index (χ1n) is 4.67. The van der Waals surface area contributed by atoms with Gasteiger partial charge in [0.25, 0.3) is 0 Å². The summed E-state index contributed by atoms with van der Waals surface area (Å²) in [4.78, 5) is 0.368. The van der Waals surface area contributed by atoms with E-state index < -0.39 is 17.7 Å². The van der Waals surface area contributed by atoms with Gasteiger partial charge in [-0.3, -0.25) is 0 Å².